The molecule has 0 N–H and O–H groups in total. The predicted octanol–water partition coefficient (Wildman–Crippen LogP) is 2.28. The van der Waals surface area contributed by atoms with Gasteiger partial charge in [0.2, 0.25) is 5.91 Å². The van der Waals surface area contributed by atoms with Crippen molar-refractivity contribution in [2.45, 2.75) is 32.6 Å². The number of hydrogen-bond acceptors (Lipinski definition) is 2. The molecule has 98 valence electrons. The van der Waals surface area contributed by atoms with Crippen LogP contribution in [0.4, 0.5) is 0 Å². The van der Waals surface area contributed by atoms with Crippen molar-refractivity contribution in [3.63, 3.8) is 0 Å². The van der Waals surface area contributed by atoms with Crippen molar-refractivity contribution in [3.05, 3.63) is 0 Å². The first-order valence-electron chi connectivity index (χ1n) is 6.63. The van der Waals surface area contributed by atoms with Crippen LogP contribution in [-0.2, 0) is 9.53 Å². The van der Waals surface area contributed by atoms with Gasteiger partial charge in [0.15, 0.2) is 0 Å². The Balaban J connectivity index is 1.94. The molecule has 17 heavy (non-hydrogen) atoms. The van der Waals surface area contributed by atoms with E-state index in [0.29, 0.717) is 23.6 Å². The number of hydrogen-bond donors (Lipinski definition) is 0. The number of rotatable bonds is 5. The molecule has 1 atom stereocenters. The molecule has 1 saturated carbocycles. The fourth-order valence-corrected chi connectivity index (χ4v) is 3.31. The fourth-order valence-electron chi connectivity index (χ4n) is 3.15. The van der Waals surface area contributed by atoms with Gasteiger partial charge in [0.25, 0.3) is 0 Å². The summed E-state index contributed by atoms with van der Waals surface area (Å²) in [5.74, 6) is 1.18. The van der Waals surface area contributed by atoms with Crippen molar-refractivity contribution in [3.8, 4) is 0 Å². The topological polar surface area (TPSA) is 29.5 Å². The Morgan fingerprint density at radius 3 is 2.82 bits per heavy atom. The normalized spacial score (nSPS) is 26.2. The van der Waals surface area contributed by atoms with Crippen LogP contribution in [0.2, 0.25) is 0 Å². The highest BCUT2D eigenvalue weighted by Gasteiger charge is 2.51. The van der Waals surface area contributed by atoms with E-state index in [4.69, 9.17) is 16.3 Å². The Hall–Kier alpha value is -0.280. The maximum atomic E-state index is 11.9. The largest absolute Gasteiger partial charge is 0.381 e. The molecule has 1 unspecified atom stereocenters. The van der Waals surface area contributed by atoms with E-state index in [0.717, 1.165) is 26.3 Å². The number of halogens is 1. The fraction of sp³-hybridized carbons (Fsp3) is 0.923. The number of carbonyl (C=O) groups is 1. The zero-order chi connectivity index (χ0) is 12.3. The summed E-state index contributed by atoms with van der Waals surface area (Å²) in [6.45, 7) is 5.40. The van der Waals surface area contributed by atoms with Crippen molar-refractivity contribution in [1.29, 1.82) is 0 Å². The molecule has 4 heteroatoms. The Kier molecular flexibility index (Phi) is 4.31. The highest BCUT2D eigenvalue weighted by molar-refractivity contribution is 6.18. The van der Waals surface area contributed by atoms with Gasteiger partial charge < -0.3 is 9.64 Å². The van der Waals surface area contributed by atoms with Crippen molar-refractivity contribution in [1.82, 2.24) is 4.90 Å². The molecule has 0 aromatic rings. The third kappa shape index (κ3) is 2.60. The standard InChI is InChI=1S/C13H22ClNO2/c1-2-17-9-11-8-15(12(16)4-7-14)10-13(11)5-3-6-13/h11H,2-10H2,1H3. The van der Waals surface area contributed by atoms with Gasteiger partial charge in [0, 0.05) is 37.9 Å². The minimum atomic E-state index is 0.213. The minimum Gasteiger partial charge on any atom is -0.381 e. The van der Waals surface area contributed by atoms with Gasteiger partial charge in [0.05, 0.1) is 6.61 Å². The van der Waals surface area contributed by atoms with E-state index in [1.165, 1.54) is 19.3 Å². The molecule has 1 spiro atoms. The van der Waals surface area contributed by atoms with Gasteiger partial charge in [-0.3, -0.25) is 4.79 Å². The number of likely N-dealkylation sites (tertiary alicyclic amines) is 1. The van der Waals surface area contributed by atoms with Crippen molar-refractivity contribution >= 4 is 17.5 Å². The van der Waals surface area contributed by atoms with Crippen LogP contribution in [0.5, 0.6) is 0 Å². The molecule has 2 aliphatic rings. The number of amides is 1. The second kappa shape index (κ2) is 5.57. The van der Waals surface area contributed by atoms with Gasteiger partial charge in [0.1, 0.15) is 0 Å². The Bertz CT molecular complexity index is 279. The van der Waals surface area contributed by atoms with E-state index in [-0.39, 0.29) is 5.91 Å². The Morgan fingerprint density at radius 2 is 2.29 bits per heavy atom. The summed E-state index contributed by atoms with van der Waals surface area (Å²) in [7, 11) is 0. The average Bonchev–Trinajstić information content (AvgIpc) is 2.66. The predicted molar refractivity (Wildman–Crippen MR) is 68.2 cm³/mol. The summed E-state index contributed by atoms with van der Waals surface area (Å²) >= 11 is 5.64. The van der Waals surface area contributed by atoms with Crippen molar-refractivity contribution in [2.75, 3.05) is 32.2 Å². The molecule has 1 amide bonds. The third-order valence-electron chi connectivity index (χ3n) is 4.35. The molecule has 2 fully saturated rings. The van der Waals surface area contributed by atoms with Crippen LogP contribution >= 0.6 is 11.6 Å². The van der Waals surface area contributed by atoms with Gasteiger partial charge in [-0.25, -0.2) is 0 Å². The van der Waals surface area contributed by atoms with Crippen LogP contribution in [0, 0.1) is 11.3 Å². The summed E-state index contributed by atoms with van der Waals surface area (Å²) in [4.78, 5) is 13.9. The summed E-state index contributed by atoms with van der Waals surface area (Å²) in [6, 6.07) is 0. The summed E-state index contributed by atoms with van der Waals surface area (Å²) < 4.78 is 5.57. The average molecular weight is 260 g/mol. The Morgan fingerprint density at radius 1 is 1.53 bits per heavy atom. The van der Waals surface area contributed by atoms with Crippen molar-refractivity contribution in [2.24, 2.45) is 11.3 Å². The molecule has 1 aliphatic carbocycles. The van der Waals surface area contributed by atoms with E-state index >= 15 is 0 Å². The van der Waals surface area contributed by atoms with Gasteiger partial charge in [-0.1, -0.05) is 6.42 Å². The minimum absolute atomic E-state index is 0.213. The molecular weight excluding hydrogens is 238 g/mol. The van der Waals surface area contributed by atoms with Gasteiger partial charge in [-0.05, 0) is 25.2 Å². The molecule has 0 aromatic heterocycles. The monoisotopic (exact) mass is 259 g/mol. The van der Waals surface area contributed by atoms with E-state index in [2.05, 4.69) is 0 Å². The molecule has 0 radical (unpaired) electrons. The molecule has 0 bridgehead atoms. The molecule has 1 aliphatic heterocycles. The molecule has 0 aromatic carbocycles. The number of carbonyl (C=O) groups excluding carboxylic acids is 1. The van der Waals surface area contributed by atoms with E-state index < -0.39 is 0 Å². The molecular formula is C13H22ClNO2. The first-order chi connectivity index (χ1) is 8.22. The van der Waals surface area contributed by atoms with Crippen LogP contribution in [0.3, 0.4) is 0 Å². The first kappa shape index (κ1) is 13.2. The third-order valence-corrected chi connectivity index (χ3v) is 4.54. The van der Waals surface area contributed by atoms with E-state index in [9.17, 15) is 4.79 Å². The smallest absolute Gasteiger partial charge is 0.223 e. The van der Waals surface area contributed by atoms with Crippen LogP contribution in [0.1, 0.15) is 32.6 Å². The number of alkyl halides is 1. The lowest BCUT2D eigenvalue weighted by Crippen LogP contribution is -2.39. The lowest BCUT2D eigenvalue weighted by molar-refractivity contribution is -0.130. The van der Waals surface area contributed by atoms with E-state index in [1.54, 1.807) is 0 Å². The quantitative estimate of drug-likeness (QED) is 0.709. The van der Waals surface area contributed by atoms with Crippen LogP contribution in [0.15, 0.2) is 0 Å². The number of nitrogens with zero attached hydrogens (tertiary/aromatic N) is 1. The highest BCUT2D eigenvalue weighted by atomic mass is 35.5. The summed E-state index contributed by atoms with van der Waals surface area (Å²) in [5, 5.41) is 0. The van der Waals surface area contributed by atoms with Crippen LogP contribution in [-0.4, -0.2) is 43.0 Å². The summed E-state index contributed by atoms with van der Waals surface area (Å²) in [6.07, 6.45) is 4.30. The Labute approximate surface area is 108 Å². The lowest BCUT2D eigenvalue weighted by Gasteiger charge is -2.42. The zero-order valence-corrected chi connectivity index (χ0v) is 11.3. The van der Waals surface area contributed by atoms with Gasteiger partial charge in [-0.15, -0.1) is 11.6 Å². The molecule has 1 saturated heterocycles. The van der Waals surface area contributed by atoms with Crippen molar-refractivity contribution < 1.29 is 9.53 Å². The van der Waals surface area contributed by atoms with Crippen LogP contribution < -0.4 is 0 Å². The first-order valence-corrected chi connectivity index (χ1v) is 7.17. The SMILES string of the molecule is CCOCC1CN(C(=O)CCCl)CC12CCC2. The number of ether oxygens (including phenoxy) is 1. The summed E-state index contributed by atoms with van der Waals surface area (Å²) in [5.41, 5.74) is 0.372. The van der Waals surface area contributed by atoms with Gasteiger partial charge >= 0.3 is 0 Å². The zero-order valence-electron chi connectivity index (χ0n) is 10.6. The van der Waals surface area contributed by atoms with Crippen LogP contribution in [0.25, 0.3) is 0 Å². The van der Waals surface area contributed by atoms with Gasteiger partial charge in [-0.2, -0.15) is 0 Å². The maximum absolute atomic E-state index is 11.9. The molecule has 3 nitrogen and oxygen atoms in total. The van der Waals surface area contributed by atoms with E-state index in [1.807, 2.05) is 11.8 Å². The maximum Gasteiger partial charge on any atom is 0.223 e. The second-order valence-electron chi connectivity index (χ2n) is 5.29. The molecule has 1 heterocycles. The highest BCUT2D eigenvalue weighted by Crippen LogP contribution is 2.51. The molecule has 2 rings (SSSR count). The lowest BCUT2D eigenvalue weighted by atomic mass is 9.63. The second-order valence-corrected chi connectivity index (χ2v) is 5.66.